The number of hydrogen-bond donors (Lipinski definition) is 3. The number of halogens is 3. The summed E-state index contributed by atoms with van der Waals surface area (Å²) in [5, 5.41) is 5.38. The molecule has 0 fully saturated rings. The van der Waals surface area contributed by atoms with Crippen molar-refractivity contribution >= 4 is 17.5 Å². The molecule has 0 saturated heterocycles. The Kier molecular flexibility index (Phi) is 5.53. The van der Waals surface area contributed by atoms with Crippen LogP contribution in [0.25, 0.3) is 0 Å². The van der Waals surface area contributed by atoms with Gasteiger partial charge >= 0.3 is 6.18 Å². The van der Waals surface area contributed by atoms with E-state index in [0.717, 1.165) is 6.42 Å². The molecule has 0 aliphatic carbocycles. The number of primary amides is 1. The van der Waals surface area contributed by atoms with Crippen LogP contribution in [0.5, 0.6) is 0 Å². The molecule has 9 heteroatoms. The lowest BCUT2D eigenvalue weighted by Crippen LogP contribution is -2.18. The number of amides is 1. The van der Waals surface area contributed by atoms with Gasteiger partial charge in [0.2, 0.25) is 11.7 Å². The van der Waals surface area contributed by atoms with E-state index in [9.17, 15) is 18.0 Å². The second kappa shape index (κ2) is 6.92. The highest BCUT2D eigenvalue weighted by molar-refractivity contribution is 5.74. The Balaban J connectivity index is 2.88. The molecule has 20 heavy (non-hydrogen) atoms. The maximum absolute atomic E-state index is 12.7. The van der Waals surface area contributed by atoms with Crippen molar-refractivity contribution in [3.63, 3.8) is 0 Å². The standard InChI is InChI=1S/C11H16F3N5O/c1-2-4-16-8-6-9(17-5-3-7(15)20)19-10(18-8)11(12,13)14/h6H,2-5H2,1H3,(H2,15,20)(H2,16,17,18,19). The fraction of sp³-hybridized carbons (Fsp3) is 0.545. The SMILES string of the molecule is CCCNc1cc(NCCC(N)=O)nc(C(F)(F)F)n1. The number of nitrogens with two attached hydrogens (primary N) is 1. The van der Waals surface area contributed by atoms with Gasteiger partial charge in [-0.3, -0.25) is 4.79 Å². The molecular weight excluding hydrogens is 275 g/mol. The van der Waals surface area contributed by atoms with Gasteiger partial charge in [0.15, 0.2) is 0 Å². The summed E-state index contributed by atoms with van der Waals surface area (Å²) >= 11 is 0. The van der Waals surface area contributed by atoms with E-state index in [1.54, 1.807) is 0 Å². The Morgan fingerprint density at radius 2 is 1.80 bits per heavy atom. The largest absolute Gasteiger partial charge is 0.451 e. The van der Waals surface area contributed by atoms with Crippen LogP contribution in [0.15, 0.2) is 6.07 Å². The fourth-order valence-corrected chi connectivity index (χ4v) is 1.32. The van der Waals surface area contributed by atoms with Crippen molar-refractivity contribution in [2.24, 2.45) is 5.73 Å². The molecule has 0 bridgehead atoms. The fourth-order valence-electron chi connectivity index (χ4n) is 1.32. The minimum atomic E-state index is -4.63. The highest BCUT2D eigenvalue weighted by atomic mass is 19.4. The summed E-state index contributed by atoms with van der Waals surface area (Å²) in [7, 11) is 0. The summed E-state index contributed by atoms with van der Waals surface area (Å²) in [6, 6.07) is 1.35. The van der Waals surface area contributed by atoms with Gasteiger partial charge in [0.05, 0.1) is 0 Å². The first-order valence-electron chi connectivity index (χ1n) is 6.05. The Bertz CT molecular complexity index is 464. The van der Waals surface area contributed by atoms with E-state index in [-0.39, 0.29) is 24.6 Å². The molecule has 1 rings (SSSR count). The van der Waals surface area contributed by atoms with Gasteiger partial charge in [-0.05, 0) is 6.42 Å². The van der Waals surface area contributed by atoms with Gasteiger partial charge in [-0.1, -0.05) is 6.92 Å². The Morgan fingerprint density at radius 3 is 2.25 bits per heavy atom. The molecular formula is C11H16F3N5O. The normalized spacial score (nSPS) is 11.2. The summed E-state index contributed by atoms with van der Waals surface area (Å²) in [5.41, 5.74) is 4.95. The van der Waals surface area contributed by atoms with Crippen LogP contribution in [0, 0.1) is 0 Å². The smallest absolute Gasteiger partial charge is 0.370 e. The van der Waals surface area contributed by atoms with E-state index in [2.05, 4.69) is 20.6 Å². The number of carbonyl (C=O) groups excluding carboxylic acids is 1. The van der Waals surface area contributed by atoms with E-state index in [1.165, 1.54) is 6.07 Å². The molecule has 6 nitrogen and oxygen atoms in total. The lowest BCUT2D eigenvalue weighted by Gasteiger charge is -2.12. The minimum absolute atomic E-state index is 0.00305. The van der Waals surface area contributed by atoms with Crippen LogP contribution in [0.3, 0.4) is 0 Å². The zero-order valence-electron chi connectivity index (χ0n) is 10.9. The molecule has 0 saturated carbocycles. The summed E-state index contributed by atoms with van der Waals surface area (Å²) in [5.74, 6) is -1.71. The van der Waals surface area contributed by atoms with Crippen molar-refractivity contribution in [2.75, 3.05) is 23.7 Å². The first kappa shape index (κ1) is 16.0. The molecule has 112 valence electrons. The van der Waals surface area contributed by atoms with Crippen molar-refractivity contribution in [3.8, 4) is 0 Å². The van der Waals surface area contributed by atoms with Crippen molar-refractivity contribution in [1.29, 1.82) is 0 Å². The van der Waals surface area contributed by atoms with E-state index >= 15 is 0 Å². The molecule has 0 aliphatic heterocycles. The number of carbonyl (C=O) groups is 1. The van der Waals surface area contributed by atoms with Crippen molar-refractivity contribution < 1.29 is 18.0 Å². The van der Waals surface area contributed by atoms with Crippen LogP contribution in [-0.2, 0) is 11.0 Å². The number of nitrogens with zero attached hydrogens (tertiary/aromatic N) is 2. The summed E-state index contributed by atoms with van der Waals surface area (Å²) < 4.78 is 38.0. The predicted octanol–water partition coefficient (Wildman–Crippen LogP) is 1.60. The predicted molar refractivity (Wildman–Crippen MR) is 68.1 cm³/mol. The van der Waals surface area contributed by atoms with Crippen LogP contribution in [0.4, 0.5) is 24.8 Å². The average molecular weight is 291 g/mol. The number of rotatable bonds is 7. The average Bonchev–Trinajstić information content (AvgIpc) is 2.34. The summed E-state index contributed by atoms with van der Waals surface area (Å²) in [6.07, 6.45) is -3.89. The number of aromatic nitrogens is 2. The van der Waals surface area contributed by atoms with E-state index in [1.807, 2.05) is 6.92 Å². The maximum Gasteiger partial charge on any atom is 0.451 e. The van der Waals surface area contributed by atoms with Gasteiger partial charge in [0, 0.05) is 25.6 Å². The highest BCUT2D eigenvalue weighted by Crippen LogP contribution is 2.28. The molecule has 0 spiro atoms. The van der Waals surface area contributed by atoms with Gasteiger partial charge in [-0.15, -0.1) is 0 Å². The molecule has 0 atom stereocenters. The molecule has 1 aromatic heterocycles. The topological polar surface area (TPSA) is 92.9 Å². The Hall–Kier alpha value is -2.06. The lowest BCUT2D eigenvalue weighted by molar-refractivity contribution is -0.144. The van der Waals surface area contributed by atoms with E-state index in [0.29, 0.717) is 6.54 Å². The summed E-state index contributed by atoms with van der Waals surface area (Å²) in [6.45, 7) is 2.48. The molecule has 1 aromatic rings. The Labute approximate surface area is 114 Å². The second-order valence-electron chi connectivity index (χ2n) is 4.03. The van der Waals surface area contributed by atoms with Crippen LogP contribution in [0.1, 0.15) is 25.6 Å². The van der Waals surface area contributed by atoms with Crippen molar-refractivity contribution in [2.45, 2.75) is 25.9 Å². The van der Waals surface area contributed by atoms with Gasteiger partial charge in [-0.25, -0.2) is 9.97 Å². The third kappa shape index (κ3) is 5.29. The van der Waals surface area contributed by atoms with Crippen LogP contribution < -0.4 is 16.4 Å². The third-order valence-electron chi connectivity index (χ3n) is 2.21. The second-order valence-corrected chi connectivity index (χ2v) is 4.03. The zero-order valence-corrected chi connectivity index (χ0v) is 10.9. The number of anilines is 2. The van der Waals surface area contributed by atoms with Crippen LogP contribution in [0.2, 0.25) is 0 Å². The lowest BCUT2D eigenvalue weighted by atomic mass is 10.4. The number of alkyl halides is 3. The minimum Gasteiger partial charge on any atom is -0.370 e. The molecule has 1 amide bonds. The first-order valence-corrected chi connectivity index (χ1v) is 6.05. The van der Waals surface area contributed by atoms with Gasteiger partial charge in [-0.2, -0.15) is 13.2 Å². The van der Waals surface area contributed by atoms with Gasteiger partial charge < -0.3 is 16.4 Å². The van der Waals surface area contributed by atoms with Crippen molar-refractivity contribution in [3.05, 3.63) is 11.9 Å². The Morgan fingerprint density at radius 1 is 1.25 bits per heavy atom. The molecule has 0 unspecified atom stereocenters. The molecule has 0 radical (unpaired) electrons. The van der Waals surface area contributed by atoms with Gasteiger partial charge in [0.25, 0.3) is 0 Å². The highest BCUT2D eigenvalue weighted by Gasteiger charge is 2.35. The summed E-state index contributed by atoms with van der Waals surface area (Å²) in [4.78, 5) is 17.4. The number of nitrogens with one attached hydrogen (secondary N) is 2. The van der Waals surface area contributed by atoms with Crippen LogP contribution in [-0.4, -0.2) is 29.0 Å². The van der Waals surface area contributed by atoms with Gasteiger partial charge in [0.1, 0.15) is 11.6 Å². The quantitative estimate of drug-likeness (QED) is 0.709. The molecule has 0 aliphatic rings. The number of hydrogen-bond acceptors (Lipinski definition) is 5. The van der Waals surface area contributed by atoms with E-state index < -0.39 is 17.9 Å². The zero-order chi connectivity index (χ0) is 15.2. The maximum atomic E-state index is 12.7. The molecule has 0 aromatic carbocycles. The van der Waals surface area contributed by atoms with Crippen molar-refractivity contribution in [1.82, 2.24) is 9.97 Å². The third-order valence-corrected chi connectivity index (χ3v) is 2.21. The molecule has 4 N–H and O–H groups in total. The van der Waals surface area contributed by atoms with E-state index in [4.69, 9.17) is 5.73 Å². The monoisotopic (exact) mass is 291 g/mol. The molecule has 1 heterocycles. The first-order chi connectivity index (χ1) is 9.32. The van der Waals surface area contributed by atoms with Crippen LogP contribution >= 0.6 is 0 Å².